The Hall–Kier alpha value is -2.10. The van der Waals surface area contributed by atoms with Gasteiger partial charge in [0.15, 0.2) is 11.4 Å². The van der Waals surface area contributed by atoms with Crippen LogP contribution in [0.4, 0.5) is 0 Å². The smallest absolute Gasteiger partial charge is 0.408 e. The average Bonchev–Trinajstić information content (AvgIpc) is 2.61. The molecule has 0 atom stereocenters. The van der Waals surface area contributed by atoms with Crippen LogP contribution in [0.25, 0.3) is 11.1 Å². The molecule has 2 rings (SSSR count). The number of aryl methyl sites for hydroxylation is 1. The van der Waals surface area contributed by atoms with E-state index in [1.807, 2.05) is 0 Å². The molecule has 0 N–H and O–H groups in total. The zero-order valence-electron chi connectivity index (χ0n) is 9.60. The summed E-state index contributed by atoms with van der Waals surface area (Å²) in [5, 5.41) is 0. The van der Waals surface area contributed by atoms with Crippen LogP contribution in [-0.4, -0.2) is 10.4 Å². The van der Waals surface area contributed by atoms with E-state index < -0.39 is 5.76 Å². The van der Waals surface area contributed by atoms with E-state index in [0.717, 1.165) is 0 Å². The predicted molar refractivity (Wildman–Crippen MR) is 65.3 cm³/mol. The fourth-order valence-electron chi connectivity index (χ4n) is 1.72. The van der Waals surface area contributed by atoms with Gasteiger partial charge in [0.2, 0.25) is 0 Å². The minimum absolute atomic E-state index is 0.0478. The maximum absolute atomic E-state index is 11.6. The molecule has 0 spiro atoms. The van der Waals surface area contributed by atoms with Crippen molar-refractivity contribution in [3.8, 4) is 0 Å². The molecule has 2 aromatic rings. The molecule has 0 saturated carbocycles. The highest BCUT2D eigenvalue weighted by molar-refractivity contribution is 5.96. The van der Waals surface area contributed by atoms with Crippen molar-refractivity contribution in [2.75, 3.05) is 0 Å². The van der Waals surface area contributed by atoms with Gasteiger partial charge in [0.05, 0.1) is 5.52 Å². The lowest BCUT2D eigenvalue weighted by atomic mass is 10.1. The third-order valence-corrected chi connectivity index (χ3v) is 2.63. The summed E-state index contributed by atoms with van der Waals surface area (Å²) in [6, 6.07) is 5.04. The molecule has 0 aliphatic heterocycles. The number of fused-ring (bicyclic) bond motifs is 1. The van der Waals surface area contributed by atoms with E-state index in [2.05, 4.69) is 6.58 Å². The molecule has 88 valence electrons. The molecule has 0 fully saturated rings. The number of Topliss-reactive ketones (excluding diaryl/α,β-unsaturated/α-hetero) is 1. The van der Waals surface area contributed by atoms with E-state index in [1.54, 1.807) is 28.8 Å². The summed E-state index contributed by atoms with van der Waals surface area (Å²) < 4.78 is 6.65. The summed E-state index contributed by atoms with van der Waals surface area (Å²) in [6.07, 6.45) is 2.44. The van der Waals surface area contributed by atoms with Gasteiger partial charge in [-0.3, -0.25) is 9.36 Å². The number of oxazole rings is 1. The number of nitrogens with zero attached hydrogens (tertiary/aromatic N) is 1. The maximum Gasteiger partial charge on any atom is 0.419 e. The third-order valence-electron chi connectivity index (χ3n) is 2.63. The zero-order valence-corrected chi connectivity index (χ0v) is 9.60. The summed E-state index contributed by atoms with van der Waals surface area (Å²) in [7, 11) is 0. The van der Waals surface area contributed by atoms with Crippen LogP contribution in [-0.2, 0) is 6.54 Å². The molecule has 0 radical (unpaired) electrons. The number of hydrogen-bond donors (Lipinski definition) is 0. The number of carbonyl (C=O) groups is 1. The van der Waals surface area contributed by atoms with Crippen LogP contribution in [0.2, 0.25) is 0 Å². The van der Waals surface area contributed by atoms with Crippen molar-refractivity contribution in [2.45, 2.75) is 19.9 Å². The average molecular weight is 231 g/mol. The summed E-state index contributed by atoms with van der Waals surface area (Å²) in [4.78, 5) is 22.8. The normalized spacial score (nSPS) is 10.6. The van der Waals surface area contributed by atoms with Gasteiger partial charge < -0.3 is 4.42 Å². The first-order valence-electron chi connectivity index (χ1n) is 5.38. The van der Waals surface area contributed by atoms with Crippen LogP contribution >= 0.6 is 0 Å². The number of carbonyl (C=O) groups excluding carboxylic acids is 1. The minimum Gasteiger partial charge on any atom is -0.408 e. The molecule has 17 heavy (non-hydrogen) atoms. The first-order valence-corrected chi connectivity index (χ1v) is 5.38. The number of aromatic nitrogens is 1. The molecule has 0 aliphatic carbocycles. The van der Waals surface area contributed by atoms with Gasteiger partial charge in [0.1, 0.15) is 0 Å². The molecular weight excluding hydrogens is 218 g/mol. The van der Waals surface area contributed by atoms with Gasteiger partial charge in [-0.1, -0.05) is 6.08 Å². The van der Waals surface area contributed by atoms with Gasteiger partial charge in [-0.2, -0.15) is 0 Å². The second-order valence-corrected chi connectivity index (χ2v) is 3.84. The van der Waals surface area contributed by atoms with Gasteiger partial charge in [0.25, 0.3) is 0 Å². The Labute approximate surface area is 98.2 Å². The number of allylic oxidation sites excluding steroid dienone is 1. The Bertz CT molecular complexity index is 634. The van der Waals surface area contributed by atoms with Crippen LogP contribution in [0.15, 0.2) is 40.1 Å². The zero-order chi connectivity index (χ0) is 12.4. The number of rotatable bonds is 4. The molecule has 0 saturated heterocycles. The first kappa shape index (κ1) is 11.4. The molecule has 1 aromatic heterocycles. The van der Waals surface area contributed by atoms with E-state index in [1.165, 1.54) is 6.92 Å². The highest BCUT2D eigenvalue weighted by atomic mass is 16.4. The minimum atomic E-state index is -0.400. The maximum atomic E-state index is 11.6. The first-order chi connectivity index (χ1) is 8.13. The lowest BCUT2D eigenvalue weighted by molar-refractivity contribution is 0.101. The van der Waals surface area contributed by atoms with Gasteiger partial charge in [-0.15, -0.1) is 6.58 Å². The molecule has 1 heterocycles. The van der Waals surface area contributed by atoms with Crippen molar-refractivity contribution in [3.63, 3.8) is 0 Å². The van der Waals surface area contributed by atoms with Crippen molar-refractivity contribution in [2.24, 2.45) is 0 Å². The quantitative estimate of drug-likeness (QED) is 0.599. The van der Waals surface area contributed by atoms with E-state index in [9.17, 15) is 9.59 Å². The molecule has 0 unspecified atom stereocenters. The number of hydrogen-bond acceptors (Lipinski definition) is 3. The highest BCUT2D eigenvalue weighted by Gasteiger charge is 2.10. The Kier molecular flexibility index (Phi) is 2.95. The van der Waals surface area contributed by atoms with Crippen LogP contribution < -0.4 is 5.76 Å². The summed E-state index contributed by atoms with van der Waals surface area (Å²) in [5.74, 6) is -0.448. The lowest BCUT2D eigenvalue weighted by Gasteiger charge is -1.99. The van der Waals surface area contributed by atoms with Crippen molar-refractivity contribution in [1.29, 1.82) is 0 Å². The van der Waals surface area contributed by atoms with Crippen molar-refractivity contribution in [3.05, 3.63) is 47.0 Å². The van der Waals surface area contributed by atoms with Gasteiger partial charge in [-0.05, 0) is 31.5 Å². The third kappa shape index (κ3) is 2.06. The van der Waals surface area contributed by atoms with E-state index >= 15 is 0 Å². The molecule has 0 amide bonds. The molecular formula is C13H13NO3. The Balaban J connectivity index is 2.56. The van der Waals surface area contributed by atoms with Crippen molar-refractivity contribution in [1.82, 2.24) is 4.57 Å². The Morgan fingerprint density at radius 3 is 2.94 bits per heavy atom. The summed E-state index contributed by atoms with van der Waals surface area (Å²) in [5.41, 5.74) is 1.70. The number of ketones is 1. The second kappa shape index (κ2) is 4.41. The highest BCUT2D eigenvalue weighted by Crippen LogP contribution is 2.15. The summed E-state index contributed by atoms with van der Waals surface area (Å²) in [6.45, 7) is 5.63. The monoisotopic (exact) mass is 231 g/mol. The predicted octanol–water partition coefficient (Wildman–Crippen LogP) is 2.37. The largest absolute Gasteiger partial charge is 0.419 e. The van der Waals surface area contributed by atoms with E-state index in [0.29, 0.717) is 29.6 Å². The van der Waals surface area contributed by atoms with Crippen LogP contribution in [0, 0.1) is 0 Å². The number of benzene rings is 1. The molecule has 4 heteroatoms. The SMILES string of the molecule is C=CCCn1c(=O)oc2cc(C(C)=O)ccc21. The van der Waals surface area contributed by atoms with Crippen LogP contribution in [0.1, 0.15) is 23.7 Å². The molecule has 1 aromatic carbocycles. The Morgan fingerprint density at radius 2 is 2.29 bits per heavy atom. The van der Waals surface area contributed by atoms with Gasteiger partial charge in [-0.25, -0.2) is 4.79 Å². The fraction of sp³-hybridized carbons (Fsp3) is 0.231. The lowest BCUT2D eigenvalue weighted by Crippen LogP contribution is -2.13. The Morgan fingerprint density at radius 1 is 1.53 bits per heavy atom. The molecule has 4 nitrogen and oxygen atoms in total. The van der Waals surface area contributed by atoms with Gasteiger partial charge >= 0.3 is 5.76 Å². The van der Waals surface area contributed by atoms with Gasteiger partial charge in [0, 0.05) is 12.1 Å². The van der Waals surface area contributed by atoms with Crippen molar-refractivity contribution < 1.29 is 9.21 Å². The molecule has 0 bridgehead atoms. The van der Waals surface area contributed by atoms with Crippen molar-refractivity contribution >= 4 is 16.9 Å². The van der Waals surface area contributed by atoms with Crippen LogP contribution in [0.3, 0.4) is 0 Å². The molecule has 0 aliphatic rings. The second-order valence-electron chi connectivity index (χ2n) is 3.84. The van der Waals surface area contributed by atoms with E-state index in [-0.39, 0.29) is 5.78 Å². The topological polar surface area (TPSA) is 52.2 Å². The van der Waals surface area contributed by atoms with E-state index in [4.69, 9.17) is 4.42 Å². The van der Waals surface area contributed by atoms with Crippen LogP contribution in [0.5, 0.6) is 0 Å². The fourth-order valence-corrected chi connectivity index (χ4v) is 1.72. The summed E-state index contributed by atoms with van der Waals surface area (Å²) >= 11 is 0. The standard InChI is InChI=1S/C13H13NO3/c1-3-4-7-14-11-6-5-10(9(2)15)8-12(11)17-13(14)16/h3,5-6,8H,1,4,7H2,2H3.